The second-order valence-electron chi connectivity index (χ2n) is 6.21. The molecule has 0 fully saturated rings. The zero-order chi connectivity index (χ0) is 18.0. The Bertz CT molecular complexity index is 802. The average Bonchev–Trinajstić information content (AvgIpc) is 3.16. The van der Waals surface area contributed by atoms with E-state index in [1.165, 1.54) is 0 Å². The summed E-state index contributed by atoms with van der Waals surface area (Å²) in [5.41, 5.74) is 2.67. The van der Waals surface area contributed by atoms with Gasteiger partial charge in [-0.1, -0.05) is 25.4 Å². The molecule has 1 aromatic carbocycles. The third-order valence-corrected chi connectivity index (χ3v) is 4.95. The number of carbonyl (C=O) groups excluding carboxylic acids is 2. The van der Waals surface area contributed by atoms with E-state index < -0.39 is 11.8 Å². The number of carbonyl (C=O) groups is 2. The SMILES string of the molecule is CC(C)CNC(=O)C(=O)Nc1c2c(nn1-c1ccc(Cl)cc1)CSC2. The van der Waals surface area contributed by atoms with Crippen LogP contribution in [0.15, 0.2) is 24.3 Å². The molecule has 0 spiro atoms. The Labute approximate surface area is 155 Å². The smallest absolute Gasteiger partial charge is 0.314 e. The van der Waals surface area contributed by atoms with Crippen LogP contribution >= 0.6 is 23.4 Å². The Morgan fingerprint density at radius 2 is 1.96 bits per heavy atom. The van der Waals surface area contributed by atoms with E-state index in [1.54, 1.807) is 28.6 Å². The van der Waals surface area contributed by atoms with E-state index in [9.17, 15) is 9.59 Å². The molecule has 0 radical (unpaired) electrons. The number of rotatable bonds is 4. The van der Waals surface area contributed by atoms with Crippen LogP contribution in [-0.4, -0.2) is 28.1 Å². The third kappa shape index (κ3) is 3.99. The van der Waals surface area contributed by atoms with Gasteiger partial charge in [0.05, 0.1) is 11.4 Å². The maximum absolute atomic E-state index is 12.3. The number of hydrogen-bond acceptors (Lipinski definition) is 4. The van der Waals surface area contributed by atoms with Gasteiger partial charge in [-0.05, 0) is 30.2 Å². The molecule has 132 valence electrons. The minimum atomic E-state index is -0.685. The van der Waals surface area contributed by atoms with Crippen LogP contribution in [-0.2, 0) is 21.1 Å². The van der Waals surface area contributed by atoms with E-state index in [4.69, 9.17) is 11.6 Å². The largest absolute Gasteiger partial charge is 0.348 e. The van der Waals surface area contributed by atoms with Crippen molar-refractivity contribution in [2.45, 2.75) is 25.4 Å². The summed E-state index contributed by atoms with van der Waals surface area (Å²) in [6.45, 7) is 4.40. The third-order valence-electron chi connectivity index (χ3n) is 3.73. The van der Waals surface area contributed by atoms with Crippen LogP contribution in [0.5, 0.6) is 0 Å². The predicted octanol–water partition coefficient (Wildman–Crippen LogP) is 2.98. The Morgan fingerprint density at radius 1 is 1.24 bits per heavy atom. The second kappa shape index (κ2) is 7.49. The zero-order valence-corrected chi connectivity index (χ0v) is 15.6. The molecule has 0 saturated carbocycles. The fraction of sp³-hybridized carbons (Fsp3) is 0.353. The molecule has 6 nitrogen and oxygen atoms in total. The van der Waals surface area contributed by atoms with Crippen molar-refractivity contribution < 1.29 is 9.59 Å². The standard InChI is InChI=1S/C17H19ClN4O2S/c1-10(2)7-19-16(23)17(24)20-15-13-8-25-9-14(13)21-22(15)12-5-3-11(18)4-6-12/h3-6,10H,7-9H2,1-2H3,(H,19,23)(H,20,24). The molecule has 0 saturated heterocycles. The predicted molar refractivity (Wildman–Crippen MR) is 100 cm³/mol. The van der Waals surface area contributed by atoms with Crippen LogP contribution in [0.25, 0.3) is 5.69 Å². The number of nitrogens with one attached hydrogen (secondary N) is 2. The van der Waals surface area contributed by atoms with Gasteiger partial charge < -0.3 is 10.6 Å². The van der Waals surface area contributed by atoms with Gasteiger partial charge in [-0.3, -0.25) is 9.59 Å². The van der Waals surface area contributed by atoms with Gasteiger partial charge in [-0.15, -0.1) is 0 Å². The highest BCUT2D eigenvalue weighted by atomic mass is 35.5. The molecule has 3 rings (SSSR count). The Balaban J connectivity index is 1.86. The quantitative estimate of drug-likeness (QED) is 0.802. The molecule has 2 amide bonds. The van der Waals surface area contributed by atoms with Crippen molar-refractivity contribution in [1.82, 2.24) is 15.1 Å². The lowest BCUT2D eigenvalue weighted by Crippen LogP contribution is -2.37. The summed E-state index contributed by atoms with van der Waals surface area (Å²) in [5.74, 6) is 1.04. The second-order valence-corrected chi connectivity index (χ2v) is 7.63. The lowest BCUT2D eigenvalue weighted by molar-refractivity contribution is -0.136. The number of fused-ring (bicyclic) bond motifs is 1. The first-order valence-electron chi connectivity index (χ1n) is 7.99. The van der Waals surface area contributed by atoms with E-state index in [-0.39, 0.29) is 5.92 Å². The molecule has 2 aromatic rings. The Kier molecular flexibility index (Phi) is 5.34. The van der Waals surface area contributed by atoms with Crippen molar-refractivity contribution in [3.63, 3.8) is 0 Å². The van der Waals surface area contributed by atoms with Crippen molar-refractivity contribution in [3.05, 3.63) is 40.5 Å². The number of thioether (sulfide) groups is 1. The van der Waals surface area contributed by atoms with Crippen molar-refractivity contribution in [2.75, 3.05) is 11.9 Å². The van der Waals surface area contributed by atoms with Gasteiger partial charge in [-0.25, -0.2) is 4.68 Å². The molecule has 0 bridgehead atoms. The van der Waals surface area contributed by atoms with Gasteiger partial charge in [0.1, 0.15) is 5.82 Å². The normalized spacial score (nSPS) is 13.0. The van der Waals surface area contributed by atoms with Gasteiger partial charge in [0.25, 0.3) is 0 Å². The lowest BCUT2D eigenvalue weighted by atomic mass is 10.2. The number of nitrogens with zero attached hydrogens (tertiary/aromatic N) is 2. The number of aromatic nitrogens is 2. The number of hydrogen-bond donors (Lipinski definition) is 2. The monoisotopic (exact) mass is 378 g/mol. The molecular weight excluding hydrogens is 360 g/mol. The molecule has 2 N–H and O–H groups in total. The summed E-state index contributed by atoms with van der Waals surface area (Å²) in [4.78, 5) is 24.3. The number of anilines is 1. The zero-order valence-electron chi connectivity index (χ0n) is 14.0. The molecule has 0 aliphatic carbocycles. The van der Waals surface area contributed by atoms with Gasteiger partial charge in [-0.2, -0.15) is 16.9 Å². The van der Waals surface area contributed by atoms with Crippen molar-refractivity contribution >= 4 is 41.0 Å². The van der Waals surface area contributed by atoms with E-state index in [0.29, 0.717) is 17.4 Å². The maximum Gasteiger partial charge on any atom is 0.314 e. The van der Waals surface area contributed by atoms with E-state index in [1.807, 2.05) is 26.0 Å². The fourth-order valence-corrected chi connectivity index (χ4v) is 3.61. The van der Waals surface area contributed by atoms with Crippen LogP contribution in [0.4, 0.5) is 5.82 Å². The first-order chi connectivity index (χ1) is 12.0. The number of benzene rings is 1. The highest BCUT2D eigenvalue weighted by molar-refractivity contribution is 7.98. The topological polar surface area (TPSA) is 76.0 Å². The lowest BCUT2D eigenvalue weighted by Gasteiger charge is -2.12. The molecule has 0 unspecified atom stereocenters. The summed E-state index contributed by atoms with van der Waals surface area (Å²) in [6.07, 6.45) is 0. The molecule has 8 heteroatoms. The molecule has 0 atom stereocenters. The summed E-state index contributed by atoms with van der Waals surface area (Å²) < 4.78 is 1.66. The van der Waals surface area contributed by atoms with Gasteiger partial charge >= 0.3 is 11.8 Å². The molecule has 2 heterocycles. The fourth-order valence-electron chi connectivity index (χ4n) is 2.45. The Morgan fingerprint density at radius 3 is 2.64 bits per heavy atom. The first kappa shape index (κ1) is 17.8. The van der Waals surface area contributed by atoms with Crippen LogP contribution in [0.3, 0.4) is 0 Å². The molecule has 25 heavy (non-hydrogen) atoms. The van der Waals surface area contributed by atoms with E-state index in [0.717, 1.165) is 28.5 Å². The molecule has 1 aliphatic heterocycles. The van der Waals surface area contributed by atoms with Gasteiger partial charge in [0.2, 0.25) is 0 Å². The summed E-state index contributed by atoms with van der Waals surface area (Å²) in [7, 11) is 0. The number of halogens is 1. The van der Waals surface area contributed by atoms with Crippen molar-refractivity contribution in [1.29, 1.82) is 0 Å². The van der Waals surface area contributed by atoms with E-state index in [2.05, 4.69) is 15.7 Å². The van der Waals surface area contributed by atoms with Crippen LogP contribution in [0.1, 0.15) is 25.1 Å². The van der Waals surface area contributed by atoms with Crippen LogP contribution < -0.4 is 10.6 Å². The number of amides is 2. The van der Waals surface area contributed by atoms with Crippen LogP contribution in [0.2, 0.25) is 5.02 Å². The molecular formula is C17H19ClN4O2S. The minimum Gasteiger partial charge on any atom is -0.348 e. The summed E-state index contributed by atoms with van der Waals surface area (Å²) in [5, 5.41) is 10.6. The molecule has 1 aliphatic rings. The van der Waals surface area contributed by atoms with Gasteiger partial charge in [0, 0.05) is 28.6 Å². The Hall–Kier alpha value is -1.99. The minimum absolute atomic E-state index is 0.275. The van der Waals surface area contributed by atoms with E-state index >= 15 is 0 Å². The first-order valence-corrected chi connectivity index (χ1v) is 9.52. The maximum atomic E-state index is 12.3. The van der Waals surface area contributed by atoms with Crippen molar-refractivity contribution in [2.24, 2.45) is 5.92 Å². The van der Waals surface area contributed by atoms with Crippen molar-refractivity contribution in [3.8, 4) is 5.69 Å². The highest BCUT2D eigenvalue weighted by Gasteiger charge is 2.26. The van der Waals surface area contributed by atoms with Gasteiger partial charge in [0.15, 0.2) is 0 Å². The highest BCUT2D eigenvalue weighted by Crippen LogP contribution is 2.36. The molecule has 1 aromatic heterocycles. The average molecular weight is 379 g/mol. The van der Waals surface area contributed by atoms with Crippen LogP contribution in [0, 0.1) is 5.92 Å². The summed E-state index contributed by atoms with van der Waals surface area (Å²) >= 11 is 7.68. The summed E-state index contributed by atoms with van der Waals surface area (Å²) in [6, 6.07) is 7.18.